The quantitative estimate of drug-likeness (QED) is 0.220. The Balaban J connectivity index is 1.86. The van der Waals surface area contributed by atoms with E-state index in [9.17, 15) is 25.2 Å². The molecule has 0 aliphatic carbocycles. The number of rotatable bonds is 7. The van der Waals surface area contributed by atoms with Gasteiger partial charge in [-0.15, -0.1) is 0 Å². The van der Waals surface area contributed by atoms with Gasteiger partial charge in [-0.1, -0.05) is 27.4 Å². The van der Waals surface area contributed by atoms with Crippen LogP contribution in [0.15, 0.2) is 12.2 Å². The van der Waals surface area contributed by atoms with Gasteiger partial charge < -0.3 is 58.5 Å². The Kier molecular flexibility index (Phi) is 15.5. The lowest BCUT2D eigenvalue weighted by molar-refractivity contribution is -0.318. The van der Waals surface area contributed by atoms with Crippen molar-refractivity contribution in [3.05, 3.63) is 12.2 Å². The summed E-state index contributed by atoms with van der Waals surface area (Å²) >= 11 is 0. The molecule has 0 aromatic rings. The highest BCUT2D eigenvalue weighted by molar-refractivity contribution is 5.73. The van der Waals surface area contributed by atoms with E-state index in [1.807, 2.05) is 53.6 Å². The number of methoxy groups -OCH3 is 1. The van der Waals surface area contributed by atoms with E-state index in [4.69, 9.17) is 33.2 Å². The molecular weight excluding hydrogens is 712 g/mol. The molecule has 4 rings (SSSR count). The molecule has 0 spiro atoms. The lowest BCUT2D eigenvalue weighted by Crippen LogP contribution is -2.61. The molecule has 14 nitrogen and oxygen atoms in total. The number of ether oxygens (including phenoxy) is 7. The van der Waals surface area contributed by atoms with Gasteiger partial charge in [-0.25, -0.2) is 0 Å². The van der Waals surface area contributed by atoms with Crippen molar-refractivity contribution in [1.82, 2.24) is 9.80 Å². The van der Waals surface area contributed by atoms with Crippen LogP contribution in [0.1, 0.15) is 94.9 Å². The van der Waals surface area contributed by atoms with Crippen molar-refractivity contribution in [3.63, 3.8) is 0 Å². The average molecular weight is 787 g/mol. The van der Waals surface area contributed by atoms with Gasteiger partial charge in [0.05, 0.1) is 54.2 Å². The average Bonchev–Trinajstić information content (AvgIpc) is 3.09. The second-order valence-electron chi connectivity index (χ2n) is 18.2. The molecule has 4 saturated heterocycles. The second-order valence-corrected chi connectivity index (χ2v) is 18.2. The third kappa shape index (κ3) is 10.3. The Bertz CT molecular complexity index is 1280. The Morgan fingerprint density at radius 3 is 2.25 bits per heavy atom. The minimum atomic E-state index is -1.57. The topological polar surface area (TPSA) is 169 Å². The maximum absolute atomic E-state index is 14.4. The highest BCUT2D eigenvalue weighted by Crippen LogP contribution is 2.40. The van der Waals surface area contributed by atoms with Gasteiger partial charge in [0.1, 0.15) is 23.9 Å². The molecule has 2 bridgehead atoms. The van der Waals surface area contributed by atoms with Crippen LogP contribution in [0.3, 0.4) is 0 Å². The van der Waals surface area contributed by atoms with Crippen LogP contribution in [0.2, 0.25) is 0 Å². The Morgan fingerprint density at radius 1 is 1.00 bits per heavy atom. The fourth-order valence-corrected chi connectivity index (χ4v) is 9.61. The van der Waals surface area contributed by atoms with E-state index in [2.05, 4.69) is 11.5 Å². The van der Waals surface area contributed by atoms with Crippen LogP contribution in [0.25, 0.3) is 0 Å². The van der Waals surface area contributed by atoms with Crippen molar-refractivity contribution in [2.45, 2.75) is 185 Å². The minimum absolute atomic E-state index is 0.146. The number of carbonyl (C=O) groups is 1. The van der Waals surface area contributed by atoms with Crippen LogP contribution < -0.4 is 0 Å². The van der Waals surface area contributed by atoms with Gasteiger partial charge in [0.2, 0.25) is 0 Å². The lowest BCUT2D eigenvalue weighted by Gasteiger charge is -2.49. The van der Waals surface area contributed by atoms with Crippen LogP contribution in [0.4, 0.5) is 0 Å². The first kappa shape index (κ1) is 46.4. The number of fused-ring (bicyclic) bond motifs is 3. The summed E-state index contributed by atoms with van der Waals surface area (Å²) in [5.74, 6) is -2.53. The van der Waals surface area contributed by atoms with Crippen LogP contribution >= 0.6 is 0 Å². The lowest BCUT2D eigenvalue weighted by atomic mass is 9.78. The largest absolute Gasteiger partial charge is 0.459 e. The number of aliphatic hydroxyl groups is 4. The predicted molar refractivity (Wildman–Crippen MR) is 206 cm³/mol. The van der Waals surface area contributed by atoms with E-state index in [0.717, 1.165) is 5.57 Å². The Labute approximate surface area is 329 Å². The van der Waals surface area contributed by atoms with Gasteiger partial charge in [0.25, 0.3) is 0 Å². The molecule has 19 atom stereocenters. The van der Waals surface area contributed by atoms with E-state index in [0.29, 0.717) is 25.9 Å². The third-order valence-electron chi connectivity index (χ3n) is 12.9. The molecular formula is C41H74N2O12. The van der Waals surface area contributed by atoms with Crippen LogP contribution in [-0.2, 0) is 38.0 Å². The van der Waals surface area contributed by atoms with E-state index in [1.165, 1.54) is 7.11 Å². The number of aliphatic hydroxyl groups excluding tert-OH is 2. The number of nitrogens with zero attached hydrogens (tertiary/aromatic N) is 2. The fraction of sp³-hybridized carbons (Fsp3) is 0.927. The molecule has 4 heterocycles. The van der Waals surface area contributed by atoms with Crippen molar-refractivity contribution >= 4 is 5.97 Å². The van der Waals surface area contributed by atoms with E-state index in [1.54, 1.807) is 34.6 Å². The molecule has 0 aromatic carbocycles. The number of carbonyl (C=O) groups excluding carboxylic acids is 1. The molecule has 320 valence electrons. The summed E-state index contributed by atoms with van der Waals surface area (Å²) in [6.45, 7) is 23.8. The van der Waals surface area contributed by atoms with Crippen LogP contribution in [0.5, 0.6) is 0 Å². The molecule has 4 aliphatic heterocycles. The van der Waals surface area contributed by atoms with Crippen molar-refractivity contribution in [2.75, 3.05) is 40.9 Å². The summed E-state index contributed by atoms with van der Waals surface area (Å²) in [6.07, 6.45) is -7.33. The Hall–Kier alpha value is -1.27. The number of hydrogen-bond acceptors (Lipinski definition) is 14. The van der Waals surface area contributed by atoms with Gasteiger partial charge in [-0.3, -0.25) is 9.69 Å². The second kappa shape index (κ2) is 18.3. The molecule has 0 saturated carbocycles. The fourth-order valence-electron chi connectivity index (χ4n) is 9.61. The molecule has 0 radical (unpaired) electrons. The zero-order valence-corrected chi connectivity index (χ0v) is 35.8. The zero-order valence-electron chi connectivity index (χ0n) is 35.8. The first-order valence-electron chi connectivity index (χ1n) is 20.3. The molecule has 55 heavy (non-hydrogen) atoms. The van der Waals surface area contributed by atoms with Crippen molar-refractivity contribution in [3.8, 4) is 0 Å². The predicted octanol–water partition coefficient (Wildman–Crippen LogP) is 2.87. The molecule has 0 aromatic heterocycles. The summed E-state index contributed by atoms with van der Waals surface area (Å²) in [7, 11) is 5.32. The van der Waals surface area contributed by atoms with Gasteiger partial charge >= 0.3 is 5.97 Å². The number of esters is 1. The van der Waals surface area contributed by atoms with Crippen molar-refractivity contribution in [2.24, 2.45) is 17.8 Å². The van der Waals surface area contributed by atoms with Gasteiger partial charge in [0, 0.05) is 44.6 Å². The van der Waals surface area contributed by atoms with Crippen molar-refractivity contribution < 1.29 is 58.4 Å². The third-order valence-corrected chi connectivity index (χ3v) is 12.9. The monoisotopic (exact) mass is 787 g/mol. The van der Waals surface area contributed by atoms with Crippen LogP contribution in [0, 0.1) is 17.8 Å². The van der Waals surface area contributed by atoms with E-state index in [-0.39, 0.29) is 43.6 Å². The molecule has 1 unspecified atom stereocenters. The SMILES string of the molecule is C=C1CO[C@H]2[C@@H](C)CN(C1)[C@H](C)C[C@@](C)(O)[C@H](O[C@@H]1O[C@H](C)C[C@H](N(C)C)[C@H]1O)[C@@H](C)[C@H](O[C@H]1C[C@@](C)(OC)[C@@H](O)[C@H](C)O1)[C@@H](C)C(=O)O[C@H](CC)[C@@]2(C)O. The minimum Gasteiger partial charge on any atom is -0.459 e. The smallest absolute Gasteiger partial charge is 0.311 e. The molecule has 14 heteroatoms. The molecule has 0 amide bonds. The van der Waals surface area contributed by atoms with Gasteiger partial charge in [0.15, 0.2) is 12.6 Å². The summed E-state index contributed by atoms with van der Waals surface area (Å²) in [5.41, 5.74) is -3.34. The van der Waals surface area contributed by atoms with E-state index < -0.39 is 89.9 Å². The van der Waals surface area contributed by atoms with Gasteiger partial charge in [-0.05, 0) is 93.3 Å². The summed E-state index contributed by atoms with van der Waals surface area (Å²) in [4.78, 5) is 18.6. The molecule has 4 aliphatic rings. The summed E-state index contributed by atoms with van der Waals surface area (Å²) in [5, 5.41) is 47.6. The standard InChI is InChI=1S/C41H74N2O12/c1-15-30-41(11,48)35-23(3)20-43(19-22(2)21-50-35)24(4)17-39(9,47)36(55-38-32(44)29(42(12)13)16-25(5)51-38)26(6)33(27(7)37(46)53-30)54-31-18-40(10,49-14)34(45)28(8)52-31/h23-36,38,44-45,47-48H,2,15-21H2,1,3-14H3/t23-,24+,25+,26-,27+,28-,29-,30+,31-,32+,33-,34-,35-,36+,38-,39+,40+,41+/m0/s1. The summed E-state index contributed by atoms with van der Waals surface area (Å²) in [6, 6.07) is -0.482. The van der Waals surface area contributed by atoms with Crippen molar-refractivity contribution in [1.29, 1.82) is 0 Å². The highest BCUT2D eigenvalue weighted by Gasteiger charge is 2.53. The Morgan fingerprint density at radius 2 is 1.65 bits per heavy atom. The number of cyclic esters (lactones) is 1. The van der Waals surface area contributed by atoms with Crippen LogP contribution in [-0.4, -0.2) is 167 Å². The first-order valence-corrected chi connectivity index (χ1v) is 20.3. The van der Waals surface area contributed by atoms with Gasteiger partial charge in [-0.2, -0.15) is 0 Å². The number of hydrogen-bond donors (Lipinski definition) is 4. The highest BCUT2D eigenvalue weighted by atomic mass is 16.7. The zero-order chi connectivity index (χ0) is 41.4. The molecule has 4 N–H and O–H groups in total. The van der Waals surface area contributed by atoms with E-state index >= 15 is 0 Å². The molecule has 4 fully saturated rings. The first-order chi connectivity index (χ1) is 25.5. The maximum Gasteiger partial charge on any atom is 0.311 e. The maximum atomic E-state index is 14.4. The normalized spacial score (nSPS) is 49.8. The summed E-state index contributed by atoms with van der Waals surface area (Å²) < 4.78 is 44.4. The number of likely N-dealkylation sites (N-methyl/N-ethyl adjacent to an activating group) is 1.